The molecule has 1 heterocycles. The molecule has 1 N–H and O–H groups in total. The van der Waals surface area contributed by atoms with Crippen LogP contribution in [0.1, 0.15) is 25.6 Å². The number of hydrogen-bond acceptors (Lipinski definition) is 2. The predicted molar refractivity (Wildman–Crippen MR) is 60.6 cm³/mol. The van der Waals surface area contributed by atoms with Gasteiger partial charge in [0.25, 0.3) is 0 Å². The Bertz CT molecular complexity index is 437. The molecule has 6 heteroatoms. The van der Waals surface area contributed by atoms with Gasteiger partial charge in [0, 0.05) is 17.9 Å². The summed E-state index contributed by atoms with van der Waals surface area (Å²) in [5.74, 6) is 0.303. The lowest BCUT2D eigenvalue weighted by molar-refractivity contribution is 0.577. The number of aromatic nitrogens is 1. The monoisotopic (exact) mass is 250 g/mol. The van der Waals surface area contributed by atoms with E-state index in [0.717, 1.165) is 5.69 Å². The molecule has 0 aromatic carbocycles. The van der Waals surface area contributed by atoms with Crippen molar-refractivity contribution in [1.82, 2.24) is 9.29 Å². The van der Waals surface area contributed by atoms with Crippen LogP contribution >= 0.6 is 11.6 Å². The van der Waals surface area contributed by atoms with Gasteiger partial charge >= 0.3 is 0 Å². The second-order valence-electron chi connectivity index (χ2n) is 3.51. The second kappa shape index (κ2) is 4.55. The minimum absolute atomic E-state index is 0.194. The van der Waals surface area contributed by atoms with Crippen LogP contribution in [0.25, 0.3) is 0 Å². The molecule has 0 saturated carbocycles. The summed E-state index contributed by atoms with van der Waals surface area (Å²) in [5.41, 5.74) is 0.806. The van der Waals surface area contributed by atoms with Crippen LogP contribution in [0.4, 0.5) is 0 Å². The van der Waals surface area contributed by atoms with Crippen LogP contribution in [-0.4, -0.2) is 20.0 Å². The maximum Gasteiger partial charge on any atom is 0.241 e. The summed E-state index contributed by atoms with van der Waals surface area (Å²) in [7, 11) is -1.98. The topological polar surface area (TPSA) is 51.1 Å². The normalized spacial score (nSPS) is 12.3. The molecule has 1 rings (SSSR count). The third-order valence-corrected chi connectivity index (χ3v) is 3.83. The van der Waals surface area contributed by atoms with Crippen LogP contribution in [0.15, 0.2) is 17.2 Å². The van der Waals surface area contributed by atoms with Gasteiger partial charge in [0.15, 0.2) is 0 Å². The first-order valence-electron chi connectivity index (χ1n) is 4.62. The lowest BCUT2D eigenvalue weighted by Crippen LogP contribution is -2.17. The van der Waals surface area contributed by atoms with Crippen molar-refractivity contribution in [2.45, 2.75) is 30.7 Å². The molecule has 0 aliphatic heterocycles. The van der Waals surface area contributed by atoms with E-state index in [1.807, 2.05) is 18.4 Å². The maximum atomic E-state index is 11.5. The minimum Gasteiger partial charge on any atom is -0.346 e. The number of nitrogens with zero attached hydrogens (tertiary/aromatic N) is 1. The molecule has 0 spiro atoms. The van der Waals surface area contributed by atoms with E-state index in [4.69, 9.17) is 11.6 Å². The fourth-order valence-corrected chi connectivity index (χ4v) is 2.34. The number of rotatable bonds is 4. The van der Waals surface area contributed by atoms with Crippen molar-refractivity contribution >= 4 is 21.6 Å². The van der Waals surface area contributed by atoms with Crippen molar-refractivity contribution in [2.75, 3.05) is 7.05 Å². The first-order valence-corrected chi connectivity index (χ1v) is 6.64. The average Bonchev–Trinajstić information content (AvgIpc) is 2.62. The summed E-state index contributed by atoms with van der Waals surface area (Å²) in [6.45, 7) is 3.96. The third-order valence-electron chi connectivity index (χ3n) is 2.18. The van der Waals surface area contributed by atoms with Gasteiger partial charge in [-0.15, -0.1) is 11.6 Å². The highest BCUT2D eigenvalue weighted by Crippen LogP contribution is 2.19. The van der Waals surface area contributed by atoms with Crippen molar-refractivity contribution in [3.63, 3.8) is 0 Å². The first-order chi connectivity index (χ1) is 6.92. The van der Waals surface area contributed by atoms with Crippen molar-refractivity contribution in [3.8, 4) is 0 Å². The van der Waals surface area contributed by atoms with E-state index in [2.05, 4.69) is 4.72 Å². The molecular weight excluding hydrogens is 236 g/mol. The zero-order chi connectivity index (χ0) is 11.6. The van der Waals surface area contributed by atoms with E-state index in [-0.39, 0.29) is 10.9 Å². The highest BCUT2D eigenvalue weighted by Gasteiger charge is 2.17. The zero-order valence-electron chi connectivity index (χ0n) is 8.99. The summed E-state index contributed by atoms with van der Waals surface area (Å²) < 4.78 is 27.2. The molecule has 0 radical (unpaired) electrons. The maximum absolute atomic E-state index is 11.5. The molecule has 0 fully saturated rings. The summed E-state index contributed by atoms with van der Waals surface area (Å²) in [5, 5.41) is 0. The van der Waals surface area contributed by atoms with Gasteiger partial charge in [-0.05, 0) is 27.0 Å². The molecule has 86 valence electrons. The number of alkyl halides is 1. The van der Waals surface area contributed by atoms with Gasteiger partial charge in [-0.25, -0.2) is 13.1 Å². The van der Waals surface area contributed by atoms with Crippen molar-refractivity contribution < 1.29 is 8.42 Å². The average molecular weight is 251 g/mol. The molecule has 1 aromatic heterocycles. The van der Waals surface area contributed by atoms with E-state index >= 15 is 0 Å². The highest BCUT2D eigenvalue weighted by atomic mass is 35.5. The van der Waals surface area contributed by atoms with E-state index in [9.17, 15) is 8.42 Å². The van der Waals surface area contributed by atoms with E-state index in [1.54, 1.807) is 12.3 Å². The molecule has 0 unspecified atom stereocenters. The Morgan fingerprint density at radius 2 is 2.13 bits per heavy atom. The van der Waals surface area contributed by atoms with Crippen LogP contribution in [-0.2, 0) is 15.9 Å². The molecule has 0 aliphatic rings. The zero-order valence-corrected chi connectivity index (χ0v) is 10.6. The SMILES string of the molecule is CNS(=O)(=O)c1cc(CCl)n(C(C)C)c1. The van der Waals surface area contributed by atoms with Gasteiger partial charge in [-0.1, -0.05) is 0 Å². The molecule has 15 heavy (non-hydrogen) atoms. The Morgan fingerprint density at radius 1 is 1.53 bits per heavy atom. The van der Waals surface area contributed by atoms with Crippen LogP contribution in [0.2, 0.25) is 0 Å². The van der Waals surface area contributed by atoms with Gasteiger partial charge in [-0.2, -0.15) is 0 Å². The summed E-state index contributed by atoms with van der Waals surface area (Å²) in [6, 6.07) is 1.79. The van der Waals surface area contributed by atoms with Gasteiger partial charge in [0.1, 0.15) is 0 Å². The van der Waals surface area contributed by atoms with Crippen molar-refractivity contribution in [3.05, 3.63) is 18.0 Å². The van der Waals surface area contributed by atoms with Crippen LogP contribution in [0.5, 0.6) is 0 Å². The van der Waals surface area contributed by atoms with Crippen molar-refractivity contribution in [1.29, 1.82) is 0 Å². The number of sulfonamides is 1. The summed E-state index contributed by atoms with van der Waals surface area (Å²) in [4.78, 5) is 0.259. The molecule has 0 bridgehead atoms. The van der Waals surface area contributed by atoms with Crippen LogP contribution in [0.3, 0.4) is 0 Å². The van der Waals surface area contributed by atoms with E-state index < -0.39 is 10.0 Å². The fraction of sp³-hybridized carbons (Fsp3) is 0.556. The van der Waals surface area contributed by atoms with Gasteiger partial charge < -0.3 is 4.57 Å². The number of hydrogen-bond donors (Lipinski definition) is 1. The number of nitrogens with one attached hydrogen (secondary N) is 1. The molecule has 0 atom stereocenters. The quantitative estimate of drug-likeness (QED) is 0.828. The summed E-state index contributed by atoms with van der Waals surface area (Å²) in [6.07, 6.45) is 1.61. The fourth-order valence-electron chi connectivity index (χ4n) is 1.35. The minimum atomic E-state index is -3.37. The lowest BCUT2D eigenvalue weighted by Gasteiger charge is -2.10. The van der Waals surface area contributed by atoms with Gasteiger partial charge in [0.2, 0.25) is 10.0 Å². The standard InChI is InChI=1S/C9H15ClN2O2S/c1-7(2)12-6-9(4-8(12)5-10)15(13,14)11-3/h4,6-7,11H,5H2,1-3H3. The molecule has 1 aromatic rings. The van der Waals surface area contributed by atoms with Gasteiger partial charge in [0.05, 0.1) is 10.8 Å². The molecule has 4 nitrogen and oxygen atoms in total. The Morgan fingerprint density at radius 3 is 2.47 bits per heavy atom. The molecular formula is C9H15ClN2O2S. The Kier molecular flexibility index (Phi) is 3.81. The Balaban J connectivity index is 3.26. The van der Waals surface area contributed by atoms with E-state index in [1.165, 1.54) is 7.05 Å². The lowest BCUT2D eigenvalue weighted by atomic mass is 10.4. The van der Waals surface area contributed by atoms with Crippen LogP contribution < -0.4 is 4.72 Å². The van der Waals surface area contributed by atoms with Gasteiger partial charge in [-0.3, -0.25) is 0 Å². The molecule has 0 aliphatic carbocycles. The smallest absolute Gasteiger partial charge is 0.241 e. The predicted octanol–water partition coefficient (Wildman–Crippen LogP) is 1.72. The third kappa shape index (κ3) is 2.53. The van der Waals surface area contributed by atoms with Crippen molar-refractivity contribution in [2.24, 2.45) is 0 Å². The Labute approximate surface area is 95.3 Å². The Hall–Kier alpha value is -0.520. The van der Waals surface area contributed by atoms with Crippen LogP contribution in [0, 0.1) is 0 Å². The second-order valence-corrected chi connectivity index (χ2v) is 5.66. The highest BCUT2D eigenvalue weighted by molar-refractivity contribution is 7.89. The largest absolute Gasteiger partial charge is 0.346 e. The molecule has 0 amide bonds. The van der Waals surface area contributed by atoms with E-state index in [0.29, 0.717) is 5.88 Å². The first kappa shape index (κ1) is 12.5. The number of halogens is 1. The summed E-state index contributed by atoms with van der Waals surface area (Å²) >= 11 is 5.75. The molecule has 0 saturated heterocycles.